The molecule has 3 heteroatoms. The molecule has 0 saturated carbocycles. The van der Waals surface area contributed by atoms with Crippen molar-refractivity contribution >= 4 is 28.5 Å². The van der Waals surface area contributed by atoms with E-state index in [1.54, 1.807) is 0 Å². The summed E-state index contributed by atoms with van der Waals surface area (Å²) in [6.07, 6.45) is 2.77. The van der Waals surface area contributed by atoms with Crippen LogP contribution in [0.15, 0.2) is 0 Å². The SMILES string of the molecule is CC(C)(C)CCB1SCCS1. The van der Waals surface area contributed by atoms with Gasteiger partial charge in [0.2, 0.25) is 0 Å². The Hall–Kier alpha value is 0.765. The third-order valence-corrected chi connectivity index (χ3v) is 4.99. The van der Waals surface area contributed by atoms with Crippen molar-refractivity contribution in [3.05, 3.63) is 0 Å². The predicted octanol–water partition coefficient (Wildman–Crippen LogP) is 3.39. The van der Waals surface area contributed by atoms with Crippen LogP contribution in [0.1, 0.15) is 27.2 Å². The maximum absolute atomic E-state index is 2.33. The molecule has 0 aromatic carbocycles. The van der Waals surface area contributed by atoms with Crippen molar-refractivity contribution in [1.29, 1.82) is 0 Å². The van der Waals surface area contributed by atoms with Crippen molar-refractivity contribution in [3.63, 3.8) is 0 Å². The molecular weight excluding hydrogens is 171 g/mol. The number of hydrogen-bond donors (Lipinski definition) is 0. The van der Waals surface area contributed by atoms with Crippen LogP contribution in [0.4, 0.5) is 0 Å². The van der Waals surface area contributed by atoms with Crippen LogP contribution in [0.3, 0.4) is 0 Å². The van der Waals surface area contributed by atoms with E-state index in [9.17, 15) is 0 Å². The highest BCUT2D eigenvalue weighted by atomic mass is 32.2. The van der Waals surface area contributed by atoms with Crippen LogP contribution in [-0.2, 0) is 0 Å². The summed E-state index contributed by atoms with van der Waals surface area (Å²) in [6.45, 7) is 6.99. The average molecular weight is 188 g/mol. The van der Waals surface area contributed by atoms with Crippen molar-refractivity contribution in [2.45, 2.75) is 33.5 Å². The minimum absolute atomic E-state index is 0.531. The van der Waals surface area contributed by atoms with E-state index in [2.05, 4.69) is 44.0 Å². The summed E-state index contributed by atoms with van der Waals surface area (Å²) in [7, 11) is 0. The second kappa shape index (κ2) is 4.13. The van der Waals surface area contributed by atoms with Gasteiger partial charge in [-0.15, -0.1) is 0 Å². The Kier molecular flexibility index (Phi) is 3.70. The lowest BCUT2D eigenvalue weighted by Crippen LogP contribution is -2.08. The maximum Gasteiger partial charge on any atom is 0.273 e. The fraction of sp³-hybridized carbons (Fsp3) is 1.00. The van der Waals surface area contributed by atoms with Crippen LogP contribution in [0, 0.1) is 5.41 Å². The van der Waals surface area contributed by atoms with Gasteiger partial charge in [-0.05, 0) is 16.9 Å². The van der Waals surface area contributed by atoms with Crippen molar-refractivity contribution in [2.24, 2.45) is 5.41 Å². The Bertz CT molecular complexity index is 114. The van der Waals surface area contributed by atoms with Gasteiger partial charge in [-0.3, -0.25) is 0 Å². The molecule has 0 aromatic heterocycles. The van der Waals surface area contributed by atoms with Gasteiger partial charge in [0.15, 0.2) is 0 Å². The largest absolute Gasteiger partial charge is 0.273 e. The van der Waals surface area contributed by atoms with Crippen molar-refractivity contribution in [2.75, 3.05) is 11.5 Å². The van der Waals surface area contributed by atoms with Crippen LogP contribution in [0.5, 0.6) is 0 Å². The van der Waals surface area contributed by atoms with E-state index in [0.717, 1.165) is 5.27 Å². The van der Waals surface area contributed by atoms with Gasteiger partial charge < -0.3 is 0 Å². The molecular formula is C8H17BS2. The van der Waals surface area contributed by atoms with Gasteiger partial charge in [0.05, 0.1) is 0 Å². The van der Waals surface area contributed by atoms with E-state index in [4.69, 9.17) is 0 Å². The third kappa shape index (κ3) is 4.36. The van der Waals surface area contributed by atoms with E-state index in [1.807, 2.05) is 0 Å². The van der Waals surface area contributed by atoms with Crippen LogP contribution in [-0.4, -0.2) is 16.8 Å². The van der Waals surface area contributed by atoms with Gasteiger partial charge in [0.1, 0.15) is 0 Å². The van der Waals surface area contributed by atoms with E-state index < -0.39 is 0 Å². The van der Waals surface area contributed by atoms with Crippen LogP contribution in [0.2, 0.25) is 6.32 Å². The Morgan fingerprint density at radius 1 is 1.18 bits per heavy atom. The van der Waals surface area contributed by atoms with E-state index in [1.165, 1.54) is 24.2 Å². The molecule has 1 fully saturated rings. The molecule has 0 bridgehead atoms. The van der Waals surface area contributed by atoms with Gasteiger partial charge in [0, 0.05) is 0 Å². The summed E-state index contributed by atoms with van der Waals surface area (Å²) in [6, 6.07) is 0. The second-order valence-electron chi connectivity index (χ2n) is 4.27. The normalized spacial score (nSPS) is 19.4. The van der Waals surface area contributed by atoms with Crippen LogP contribution in [0.25, 0.3) is 0 Å². The Labute approximate surface area is 79.2 Å². The first-order valence-corrected chi connectivity index (χ1v) is 6.41. The highest BCUT2D eigenvalue weighted by Crippen LogP contribution is 2.34. The van der Waals surface area contributed by atoms with Crippen LogP contribution < -0.4 is 0 Å². The zero-order chi connectivity index (χ0) is 8.32. The van der Waals surface area contributed by atoms with Crippen molar-refractivity contribution < 1.29 is 0 Å². The summed E-state index contributed by atoms with van der Waals surface area (Å²) in [5, 5.41) is 0.911. The summed E-state index contributed by atoms with van der Waals surface area (Å²) in [5.74, 6) is 2.75. The standard InChI is InChI=1S/C8H17BS2/c1-8(2,3)4-5-9-10-6-7-11-9/h4-7H2,1-3H3. The van der Waals surface area contributed by atoms with Gasteiger partial charge in [0.25, 0.3) is 5.27 Å². The Balaban J connectivity index is 2.11. The molecule has 0 unspecified atom stereocenters. The Morgan fingerprint density at radius 2 is 1.73 bits per heavy atom. The highest BCUT2D eigenvalue weighted by molar-refractivity contribution is 8.56. The molecule has 1 saturated heterocycles. The summed E-state index contributed by atoms with van der Waals surface area (Å²) < 4.78 is 0. The second-order valence-corrected chi connectivity index (χ2v) is 7.19. The molecule has 0 nitrogen and oxygen atoms in total. The summed E-state index contributed by atoms with van der Waals surface area (Å²) in [4.78, 5) is 0. The fourth-order valence-corrected chi connectivity index (χ4v) is 3.95. The molecule has 0 aromatic rings. The summed E-state index contributed by atoms with van der Waals surface area (Å²) >= 11 is 4.29. The van der Waals surface area contributed by atoms with Gasteiger partial charge in [-0.25, -0.2) is 0 Å². The lowest BCUT2D eigenvalue weighted by molar-refractivity contribution is 0.397. The van der Waals surface area contributed by atoms with Gasteiger partial charge >= 0.3 is 0 Å². The molecule has 1 heterocycles. The van der Waals surface area contributed by atoms with E-state index in [0.29, 0.717) is 5.41 Å². The lowest BCUT2D eigenvalue weighted by Gasteiger charge is -2.18. The third-order valence-electron chi connectivity index (χ3n) is 1.82. The minimum Gasteiger partial charge on any atom is -0.194 e. The molecule has 0 atom stereocenters. The highest BCUT2D eigenvalue weighted by Gasteiger charge is 2.22. The number of rotatable bonds is 2. The molecule has 0 radical (unpaired) electrons. The van der Waals surface area contributed by atoms with Crippen molar-refractivity contribution in [1.82, 2.24) is 0 Å². The van der Waals surface area contributed by atoms with Crippen LogP contribution >= 0.6 is 23.2 Å². The summed E-state index contributed by atoms with van der Waals surface area (Å²) in [5.41, 5.74) is 0.531. The lowest BCUT2D eigenvalue weighted by atomic mass is 9.83. The maximum atomic E-state index is 2.33. The smallest absolute Gasteiger partial charge is 0.194 e. The van der Waals surface area contributed by atoms with E-state index >= 15 is 0 Å². The number of hydrogen-bond acceptors (Lipinski definition) is 2. The van der Waals surface area contributed by atoms with Gasteiger partial charge in [-0.2, -0.15) is 23.2 Å². The van der Waals surface area contributed by atoms with E-state index in [-0.39, 0.29) is 0 Å². The predicted molar refractivity (Wildman–Crippen MR) is 59.5 cm³/mol. The average Bonchev–Trinajstić information content (AvgIpc) is 2.32. The minimum atomic E-state index is 0.531. The first-order chi connectivity index (χ1) is 5.08. The molecule has 1 aliphatic rings. The molecule has 64 valence electrons. The first kappa shape index (κ1) is 9.85. The first-order valence-electron chi connectivity index (χ1n) is 4.31. The molecule has 1 aliphatic heterocycles. The fourth-order valence-electron chi connectivity index (χ4n) is 1.12. The molecule has 1 rings (SSSR count). The van der Waals surface area contributed by atoms with Crippen molar-refractivity contribution in [3.8, 4) is 0 Å². The quantitative estimate of drug-likeness (QED) is 0.609. The molecule has 0 aliphatic carbocycles. The topological polar surface area (TPSA) is 0 Å². The Morgan fingerprint density at radius 3 is 2.18 bits per heavy atom. The van der Waals surface area contributed by atoms with Gasteiger partial charge in [-0.1, -0.05) is 33.5 Å². The zero-order valence-electron chi connectivity index (χ0n) is 7.72. The zero-order valence-corrected chi connectivity index (χ0v) is 9.36. The monoisotopic (exact) mass is 188 g/mol. The molecule has 0 amide bonds. The molecule has 11 heavy (non-hydrogen) atoms. The molecule has 0 N–H and O–H groups in total. The molecule has 0 spiro atoms.